The SMILES string of the molecule is CC(NC(=O)Nc1ccc(C(C)(C)C)cc1)C(=O)O. The van der Waals surface area contributed by atoms with E-state index in [9.17, 15) is 9.59 Å². The van der Waals surface area contributed by atoms with Crippen LogP contribution in [0, 0.1) is 0 Å². The summed E-state index contributed by atoms with van der Waals surface area (Å²) in [6.45, 7) is 7.73. The van der Waals surface area contributed by atoms with E-state index in [1.165, 1.54) is 6.92 Å². The van der Waals surface area contributed by atoms with Gasteiger partial charge in [0.15, 0.2) is 0 Å². The molecule has 5 nitrogen and oxygen atoms in total. The molecule has 0 saturated carbocycles. The van der Waals surface area contributed by atoms with E-state index in [0.29, 0.717) is 5.69 Å². The first-order chi connectivity index (χ1) is 8.70. The first-order valence-corrected chi connectivity index (χ1v) is 6.11. The summed E-state index contributed by atoms with van der Waals surface area (Å²) in [7, 11) is 0. The lowest BCUT2D eigenvalue weighted by Crippen LogP contribution is -2.40. The van der Waals surface area contributed by atoms with E-state index in [1.54, 1.807) is 12.1 Å². The Morgan fingerprint density at radius 3 is 2.11 bits per heavy atom. The molecule has 0 saturated heterocycles. The van der Waals surface area contributed by atoms with Gasteiger partial charge in [0.1, 0.15) is 6.04 Å². The van der Waals surface area contributed by atoms with E-state index in [1.807, 2.05) is 12.1 Å². The number of amides is 2. The van der Waals surface area contributed by atoms with Crippen molar-refractivity contribution in [2.75, 3.05) is 5.32 Å². The van der Waals surface area contributed by atoms with Gasteiger partial charge in [-0.2, -0.15) is 0 Å². The lowest BCUT2D eigenvalue weighted by Gasteiger charge is -2.19. The molecule has 2 amide bonds. The zero-order chi connectivity index (χ0) is 14.6. The van der Waals surface area contributed by atoms with Crippen molar-refractivity contribution in [3.8, 4) is 0 Å². The fourth-order valence-electron chi connectivity index (χ4n) is 1.48. The van der Waals surface area contributed by atoms with E-state index in [4.69, 9.17) is 5.11 Å². The van der Waals surface area contributed by atoms with Gasteiger partial charge in [0, 0.05) is 5.69 Å². The number of carbonyl (C=O) groups excluding carboxylic acids is 1. The van der Waals surface area contributed by atoms with Crippen LogP contribution < -0.4 is 10.6 Å². The topological polar surface area (TPSA) is 78.4 Å². The number of hydrogen-bond donors (Lipinski definition) is 3. The van der Waals surface area contributed by atoms with Gasteiger partial charge < -0.3 is 15.7 Å². The molecule has 104 valence electrons. The van der Waals surface area contributed by atoms with Crippen molar-refractivity contribution in [1.29, 1.82) is 0 Å². The second-order valence-corrected chi connectivity index (χ2v) is 5.49. The number of aliphatic carboxylic acids is 1. The molecular formula is C14H20N2O3. The maximum Gasteiger partial charge on any atom is 0.325 e. The van der Waals surface area contributed by atoms with Crippen molar-refractivity contribution in [2.45, 2.75) is 39.2 Å². The Bertz CT molecular complexity index is 461. The second kappa shape index (κ2) is 5.73. The molecule has 1 atom stereocenters. The van der Waals surface area contributed by atoms with Crippen LogP contribution >= 0.6 is 0 Å². The Kier molecular flexibility index (Phi) is 4.53. The molecular weight excluding hydrogens is 244 g/mol. The van der Waals surface area contributed by atoms with E-state index in [0.717, 1.165) is 5.56 Å². The minimum Gasteiger partial charge on any atom is -0.480 e. The highest BCUT2D eigenvalue weighted by Crippen LogP contribution is 2.23. The molecule has 0 fully saturated rings. The Labute approximate surface area is 113 Å². The monoisotopic (exact) mass is 264 g/mol. The largest absolute Gasteiger partial charge is 0.480 e. The average molecular weight is 264 g/mol. The fraction of sp³-hybridized carbons (Fsp3) is 0.429. The van der Waals surface area contributed by atoms with Gasteiger partial charge in [-0.05, 0) is 30.0 Å². The summed E-state index contributed by atoms with van der Waals surface area (Å²) in [5.41, 5.74) is 1.85. The molecule has 1 rings (SSSR count). The van der Waals surface area contributed by atoms with Crippen LogP contribution in [0.15, 0.2) is 24.3 Å². The van der Waals surface area contributed by atoms with E-state index < -0.39 is 18.0 Å². The van der Waals surface area contributed by atoms with Crippen LogP contribution in [0.4, 0.5) is 10.5 Å². The van der Waals surface area contributed by atoms with Crippen molar-refractivity contribution in [3.05, 3.63) is 29.8 Å². The molecule has 0 bridgehead atoms. The molecule has 0 heterocycles. The third kappa shape index (κ3) is 4.62. The first kappa shape index (κ1) is 15.0. The lowest BCUT2D eigenvalue weighted by molar-refractivity contribution is -0.138. The highest BCUT2D eigenvalue weighted by Gasteiger charge is 2.15. The molecule has 0 aliphatic heterocycles. The number of rotatable bonds is 3. The van der Waals surface area contributed by atoms with Crippen molar-refractivity contribution < 1.29 is 14.7 Å². The molecule has 0 spiro atoms. The number of carboxylic acids is 1. The van der Waals surface area contributed by atoms with Gasteiger partial charge in [-0.1, -0.05) is 32.9 Å². The second-order valence-electron chi connectivity index (χ2n) is 5.49. The number of urea groups is 1. The molecule has 3 N–H and O–H groups in total. The minimum atomic E-state index is -1.07. The molecule has 0 aromatic heterocycles. The van der Waals surface area contributed by atoms with E-state index in [-0.39, 0.29) is 5.41 Å². The Balaban J connectivity index is 2.63. The molecule has 19 heavy (non-hydrogen) atoms. The summed E-state index contributed by atoms with van der Waals surface area (Å²) in [5, 5.41) is 13.6. The normalized spacial score (nSPS) is 12.6. The summed E-state index contributed by atoms with van der Waals surface area (Å²) in [4.78, 5) is 22.1. The van der Waals surface area contributed by atoms with Crippen LogP contribution in [0.25, 0.3) is 0 Å². The van der Waals surface area contributed by atoms with Crippen LogP contribution in [-0.2, 0) is 10.2 Å². The van der Waals surface area contributed by atoms with Gasteiger partial charge >= 0.3 is 12.0 Å². The van der Waals surface area contributed by atoms with Crippen LogP contribution in [-0.4, -0.2) is 23.1 Å². The zero-order valence-electron chi connectivity index (χ0n) is 11.7. The van der Waals surface area contributed by atoms with Crippen molar-refractivity contribution >= 4 is 17.7 Å². The summed E-state index contributed by atoms with van der Waals surface area (Å²) in [6, 6.07) is 6.02. The van der Waals surface area contributed by atoms with Gasteiger partial charge in [-0.3, -0.25) is 4.79 Å². The standard InChI is InChI=1S/C14H20N2O3/c1-9(12(17)18)15-13(19)16-11-7-5-10(6-8-11)14(2,3)4/h5-9H,1-4H3,(H,17,18)(H2,15,16,19). The maximum atomic E-state index is 11.5. The summed E-state index contributed by atoms with van der Waals surface area (Å²) in [5.74, 6) is -1.07. The Morgan fingerprint density at radius 1 is 1.16 bits per heavy atom. The van der Waals surface area contributed by atoms with Gasteiger partial charge in [0.05, 0.1) is 0 Å². The molecule has 0 radical (unpaired) electrons. The highest BCUT2D eigenvalue weighted by atomic mass is 16.4. The molecule has 5 heteroatoms. The predicted molar refractivity (Wildman–Crippen MR) is 74.4 cm³/mol. The van der Waals surface area contributed by atoms with Crippen LogP contribution in [0.2, 0.25) is 0 Å². The summed E-state index contributed by atoms with van der Waals surface area (Å²) in [6.07, 6.45) is 0. The van der Waals surface area contributed by atoms with Gasteiger partial charge in [-0.25, -0.2) is 4.79 Å². The van der Waals surface area contributed by atoms with Gasteiger partial charge in [0.25, 0.3) is 0 Å². The van der Waals surface area contributed by atoms with Gasteiger partial charge in [-0.15, -0.1) is 0 Å². The Morgan fingerprint density at radius 2 is 1.68 bits per heavy atom. The molecule has 0 aliphatic rings. The van der Waals surface area contributed by atoms with E-state index in [2.05, 4.69) is 31.4 Å². The quantitative estimate of drug-likeness (QED) is 0.785. The number of carbonyl (C=O) groups is 2. The molecule has 1 unspecified atom stereocenters. The number of carboxylic acid groups (broad SMARTS) is 1. The summed E-state index contributed by atoms with van der Waals surface area (Å²) < 4.78 is 0. The van der Waals surface area contributed by atoms with Crippen molar-refractivity contribution in [1.82, 2.24) is 5.32 Å². The minimum absolute atomic E-state index is 0.0542. The fourth-order valence-corrected chi connectivity index (χ4v) is 1.48. The lowest BCUT2D eigenvalue weighted by atomic mass is 9.87. The Hall–Kier alpha value is -2.04. The van der Waals surface area contributed by atoms with E-state index >= 15 is 0 Å². The van der Waals surface area contributed by atoms with Crippen molar-refractivity contribution in [2.24, 2.45) is 0 Å². The molecule has 1 aromatic rings. The van der Waals surface area contributed by atoms with Crippen molar-refractivity contribution in [3.63, 3.8) is 0 Å². The number of benzene rings is 1. The van der Waals surface area contributed by atoms with Crippen LogP contribution in [0.1, 0.15) is 33.3 Å². The molecule has 0 aliphatic carbocycles. The number of anilines is 1. The van der Waals surface area contributed by atoms with Crippen LogP contribution in [0.3, 0.4) is 0 Å². The maximum absolute atomic E-state index is 11.5. The van der Waals surface area contributed by atoms with Gasteiger partial charge in [0.2, 0.25) is 0 Å². The molecule has 1 aromatic carbocycles. The highest BCUT2D eigenvalue weighted by molar-refractivity contribution is 5.92. The number of nitrogens with one attached hydrogen (secondary N) is 2. The average Bonchev–Trinajstić information content (AvgIpc) is 2.28. The van der Waals surface area contributed by atoms with Crippen LogP contribution in [0.5, 0.6) is 0 Å². The summed E-state index contributed by atoms with van der Waals surface area (Å²) >= 11 is 0. The first-order valence-electron chi connectivity index (χ1n) is 6.11. The zero-order valence-corrected chi connectivity index (χ0v) is 11.7. The smallest absolute Gasteiger partial charge is 0.325 e. The third-order valence-corrected chi connectivity index (χ3v) is 2.73. The predicted octanol–water partition coefficient (Wildman–Crippen LogP) is 2.58. The number of hydrogen-bond acceptors (Lipinski definition) is 2. The third-order valence-electron chi connectivity index (χ3n) is 2.73.